The Morgan fingerprint density at radius 2 is 2.43 bits per heavy atom. The van der Waals surface area contributed by atoms with Crippen molar-refractivity contribution in [1.82, 2.24) is 10.6 Å². The molecule has 0 radical (unpaired) electrons. The molecule has 4 nitrogen and oxygen atoms in total. The highest BCUT2D eigenvalue weighted by molar-refractivity contribution is 5.88. The number of nitrogens with one attached hydrogen (secondary N) is 2. The van der Waals surface area contributed by atoms with E-state index in [0.717, 1.165) is 26.1 Å². The van der Waals surface area contributed by atoms with E-state index >= 15 is 0 Å². The second kappa shape index (κ2) is 6.41. The first-order valence-electron chi connectivity index (χ1n) is 4.95. The van der Waals surface area contributed by atoms with Gasteiger partial charge in [0.1, 0.15) is 0 Å². The Hall–Kier alpha value is -1.05. The van der Waals surface area contributed by atoms with E-state index in [1.165, 1.54) is 0 Å². The van der Waals surface area contributed by atoms with Gasteiger partial charge in [-0.05, 0) is 26.4 Å². The second-order valence-electron chi connectivity index (χ2n) is 3.05. The average molecular weight is 196 g/mol. The second-order valence-corrected chi connectivity index (χ2v) is 3.05. The van der Waals surface area contributed by atoms with Crippen LogP contribution in [0.15, 0.2) is 0 Å². The van der Waals surface area contributed by atoms with Crippen molar-refractivity contribution >= 4 is 5.97 Å². The van der Waals surface area contributed by atoms with Crippen LogP contribution in [0.5, 0.6) is 0 Å². The molecule has 1 fully saturated rings. The highest BCUT2D eigenvalue weighted by Gasteiger charge is 2.07. The zero-order valence-corrected chi connectivity index (χ0v) is 8.43. The average Bonchev–Trinajstić information content (AvgIpc) is 2.43. The van der Waals surface area contributed by atoms with E-state index in [-0.39, 0.29) is 6.04 Å². The van der Waals surface area contributed by atoms with Crippen LogP contribution in [0.25, 0.3) is 0 Å². The van der Waals surface area contributed by atoms with Gasteiger partial charge < -0.3 is 15.4 Å². The van der Waals surface area contributed by atoms with Crippen molar-refractivity contribution in [3.8, 4) is 11.8 Å². The molecule has 1 saturated heterocycles. The van der Waals surface area contributed by atoms with Crippen LogP contribution in [-0.2, 0) is 9.53 Å². The molecule has 2 N–H and O–H groups in total. The molecule has 0 amide bonds. The minimum atomic E-state index is -0.446. The van der Waals surface area contributed by atoms with Gasteiger partial charge in [-0.3, -0.25) is 0 Å². The fourth-order valence-corrected chi connectivity index (χ4v) is 1.22. The molecule has 14 heavy (non-hydrogen) atoms. The summed E-state index contributed by atoms with van der Waals surface area (Å²) in [7, 11) is 0. The number of carbonyl (C=O) groups excluding carboxylic acids is 1. The third-order valence-corrected chi connectivity index (χ3v) is 1.89. The van der Waals surface area contributed by atoms with E-state index in [0.29, 0.717) is 6.61 Å². The Bertz CT molecular complexity index is 234. The largest absolute Gasteiger partial charge is 0.456 e. The maximum absolute atomic E-state index is 10.9. The van der Waals surface area contributed by atoms with Gasteiger partial charge in [0.25, 0.3) is 0 Å². The number of esters is 1. The Balaban J connectivity index is 2.36. The molecule has 1 heterocycles. The van der Waals surface area contributed by atoms with Crippen LogP contribution >= 0.6 is 0 Å². The summed E-state index contributed by atoms with van der Waals surface area (Å²) in [6.45, 7) is 4.88. The highest BCUT2D eigenvalue weighted by atomic mass is 16.5. The van der Waals surface area contributed by atoms with E-state index in [1.807, 2.05) is 0 Å². The maximum atomic E-state index is 10.9. The molecule has 0 aliphatic carbocycles. The third-order valence-electron chi connectivity index (χ3n) is 1.89. The van der Waals surface area contributed by atoms with Gasteiger partial charge >= 0.3 is 5.97 Å². The first kappa shape index (κ1) is 11.0. The number of carbonyl (C=O) groups is 1. The molecule has 1 aliphatic heterocycles. The zero-order valence-electron chi connectivity index (χ0n) is 8.43. The fourth-order valence-electron chi connectivity index (χ4n) is 1.22. The van der Waals surface area contributed by atoms with Crippen molar-refractivity contribution in [1.29, 1.82) is 0 Å². The van der Waals surface area contributed by atoms with Gasteiger partial charge in [0, 0.05) is 12.5 Å². The summed E-state index contributed by atoms with van der Waals surface area (Å²) in [5.41, 5.74) is 0. The van der Waals surface area contributed by atoms with Crippen LogP contribution < -0.4 is 10.6 Å². The summed E-state index contributed by atoms with van der Waals surface area (Å²) >= 11 is 0. The predicted molar refractivity (Wildman–Crippen MR) is 53.7 cm³/mol. The lowest BCUT2D eigenvalue weighted by molar-refractivity contribution is -0.136. The number of rotatable bonds is 1. The summed E-state index contributed by atoms with van der Waals surface area (Å²) in [5, 5.41) is 6.47. The van der Waals surface area contributed by atoms with Crippen LogP contribution in [0.2, 0.25) is 0 Å². The van der Waals surface area contributed by atoms with Gasteiger partial charge in [-0.1, -0.05) is 5.92 Å². The minimum absolute atomic E-state index is 0.0573. The Labute approximate surface area is 84.4 Å². The SMILES string of the molecule is CCOC(=O)C#CC1CNCCCN1. The van der Waals surface area contributed by atoms with Crippen molar-refractivity contribution in [3.63, 3.8) is 0 Å². The predicted octanol–water partition coefficient (Wildman–Crippen LogP) is -0.496. The number of hydrogen-bond donors (Lipinski definition) is 2. The van der Waals surface area contributed by atoms with Gasteiger partial charge in [0.15, 0.2) is 0 Å². The highest BCUT2D eigenvalue weighted by Crippen LogP contribution is 1.87. The third kappa shape index (κ3) is 4.26. The van der Waals surface area contributed by atoms with Crippen molar-refractivity contribution in [2.24, 2.45) is 0 Å². The molecule has 0 saturated carbocycles. The first-order chi connectivity index (χ1) is 6.83. The molecule has 0 aromatic heterocycles. The topological polar surface area (TPSA) is 50.4 Å². The van der Waals surface area contributed by atoms with Gasteiger partial charge in [0.05, 0.1) is 12.6 Å². The van der Waals surface area contributed by atoms with E-state index in [4.69, 9.17) is 4.74 Å². The standard InChI is InChI=1S/C10H16N2O2/c1-2-14-10(13)5-4-9-8-11-6-3-7-12-9/h9,11-12H,2-3,6-8H2,1H3. The Morgan fingerprint density at radius 1 is 1.57 bits per heavy atom. The minimum Gasteiger partial charge on any atom is -0.456 e. The molecule has 1 rings (SSSR count). The molecular weight excluding hydrogens is 180 g/mol. The van der Waals surface area contributed by atoms with Crippen molar-refractivity contribution < 1.29 is 9.53 Å². The Kier molecular flexibility index (Phi) is 5.05. The van der Waals surface area contributed by atoms with Crippen molar-refractivity contribution in [2.45, 2.75) is 19.4 Å². The van der Waals surface area contributed by atoms with Gasteiger partial charge in [-0.2, -0.15) is 0 Å². The smallest absolute Gasteiger partial charge is 0.384 e. The molecule has 1 atom stereocenters. The summed E-state index contributed by atoms with van der Waals surface area (Å²) in [4.78, 5) is 10.9. The monoisotopic (exact) mass is 196 g/mol. The van der Waals surface area contributed by atoms with Gasteiger partial charge in [-0.25, -0.2) is 4.79 Å². The van der Waals surface area contributed by atoms with Crippen LogP contribution in [0.4, 0.5) is 0 Å². The molecule has 1 unspecified atom stereocenters. The van der Waals surface area contributed by atoms with Crippen molar-refractivity contribution in [3.05, 3.63) is 0 Å². The van der Waals surface area contributed by atoms with Gasteiger partial charge in [0.2, 0.25) is 0 Å². The van der Waals surface area contributed by atoms with E-state index in [2.05, 4.69) is 22.5 Å². The lowest BCUT2D eigenvalue weighted by Gasteiger charge is -2.06. The molecule has 0 aromatic carbocycles. The molecular formula is C10H16N2O2. The molecule has 1 aliphatic rings. The Morgan fingerprint density at radius 3 is 3.21 bits per heavy atom. The van der Waals surface area contributed by atoms with Crippen LogP contribution in [-0.4, -0.2) is 38.3 Å². The summed E-state index contributed by atoms with van der Waals surface area (Å²) in [6.07, 6.45) is 1.09. The van der Waals surface area contributed by atoms with Crippen LogP contribution in [0, 0.1) is 11.8 Å². The lowest BCUT2D eigenvalue weighted by atomic mass is 10.3. The quantitative estimate of drug-likeness (QED) is 0.337. The summed E-state index contributed by atoms with van der Waals surface area (Å²) in [6, 6.07) is 0.0573. The molecule has 0 aromatic rings. The summed E-state index contributed by atoms with van der Waals surface area (Å²) in [5.74, 6) is 4.87. The normalized spacial score (nSPS) is 21.6. The van der Waals surface area contributed by atoms with Gasteiger partial charge in [-0.15, -0.1) is 0 Å². The van der Waals surface area contributed by atoms with Crippen LogP contribution in [0.3, 0.4) is 0 Å². The fraction of sp³-hybridized carbons (Fsp3) is 0.700. The zero-order chi connectivity index (χ0) is 10.2. The first-order valence-corrected chi connectivity index (χ1v) is 4.95. The van der Waals surface area contributed by atoms with Crippen LogP contribution in [0.1, 0.15) is 13.3 Å². The van der Waals surface area contributed by atoms with Crippen molar-refractivity contribution in [2.75, 3.05) is 26.2 Å². The lowest BCUT2D eigenvalue weighted by Crippen LogP contribution is -2.34. The van der Waals surface area contributed by atoms with E-state index in [1.54, 1.807) is 6.92 Å². The molecule has 78 valence electrons. The van der Waals surface area contributed by atoms with E-state index in [9.17, 15) is 4.79 Å². The molecule has 0 bridgehead atoms. The number of ether oxygens (including phenoxy) is 1. The summed E-state index contributed by atoms with van der Waals surface area (Å²) < 4.78 is 4.70. The maximum Gasteiger partial charge on any atom is 0.384 e. The molecule has 0 spiro atoms. The molecule has 4 heteroatoms. The van der Waals surface area contributed by atoms with E-state index < -0.39 is 5.97 Å². The number of hydrogen-bond acceptors (Lipinski definition) is 4.